The summed E-state index contributed by atoms with van der Waals surface area (Å²) in [5.41, 5.74) is 3.12. The number of rotatable bonds is 4. The Balaban J connectivity index is 1.95. The van der Waals surface area contributed by atoms with Crippen molar-refractivity contribution in [3.63, 3.8) is 0 Å². The number of halogens is 1. The molecule has 0 aliphatic carbocycles. The number of imidazole rings is 1. The van der Waals surface area contributed by atoms with E-state index in [1.807, 2.05) is 13.1 Å². The maximum Gasteiger partial charge on any atom is 0.160 e. The van der Waals surface area contributed by atoms with Gasteiger partial charge in [0, 0.05) is 38.3 Å². The molecule has 3 rings (SSSR count). The van der Waals surface area contributed by atoms with Crippen LogP contribution < -0.4 is 0 Å². The maximum atomic E-state index is 5.92. The fourth-order valence-electron chi connectivity index (χ4n) is 2.81. The highest BCUT2D eigenvalue weighted by Gasteiger charge is 2.18. The first-order chi connectivity index (χ1) is 9.78. The Morgan fingerprint density at radius 3 is 2.95 bits per heavy atom. The van der Waals surface area contributed by atoms with Gasteiger partial charge < -0.3 is 9.30 Å². The molecule has 0 amide bonds. The molecule has 0 N–H and O–H groups in total. The summed E-state index contributed by atoms with van der Waals surface area (Å²) in [7, 11) is 0. The number of fused-ring (bicyclic) bond motifs is 1. The van der Waals surface area contributed by atoms with Crippen LogP contribution in [0.3, 0.4) is 0 Å². The second kappa shape index (κ2) is 6.10. The van der Waals surface area contributed by atoms with Crippen molar-refractivity contribution in [1.82, 2.24) is 14.5 Å². The molecule has 1 fully saturated rings. The van der Waals surface area contributed by atoms with E-state index in [2.05, 4.69) is 15.6 Å². The molecule has 0 atom stereocenters. The Kier molecular flexibility index (Phi) is 4.22. The fraction of sp³-hybridized carbons (Fsp3) is 0.600. The van der Waals surface area contributed by atoms with Gasteiger partial charge in [0.1, 0.15) is 11.3 Å². The van der Waals surface area contributed by atoms with Gasteiger partial charge in [-0.15, -0.1) is 11.6 Å². The number of alkyl halides is 1. The van der Waals surface area contributed by atoms with E-state index in [0.717, 1.165) is 61.6 Å². The van der Waals surface area contributed by atoms with Crippen LogP contribution in [0.25, 0.3) is 11.2 Å². The lowest BCUT2D eigenvalue weighted by Crippen LogP contribution is -2.21. The minimum absolute atomic E-state index is 0.593. The molecule has 3 heterocycles. The molecular weight excluding hydrogens is 274 g/mol. The van der Waals surface area contributed by atoms with Crippen LogP contribution in [0, 0.1) is 12.8 Å². The van der Waals surface area contributed by atoms with Gasteiger partial charge in [-0.1, -0.05) is 0 Å². The molecule has 0 saturated carbocycles. The van der Waals surface area contributed by atoms with Gasteiger partial charge in [0.15, 0.2) is 5.65 Å². The van der Waals surface area contributed by atoms with Gasteiger partial charge in [-0.2, -0.15) is 0 Å². The van der Waals surface area contributed by atoms with E-state index >= 15 is 0 Å². The van der Waals surface area contributed by atoms with Crippen LogP contribution >= 0.6 is 11.6 Å². The normalized spacial score (nSPS) is 16.9. The predicted molar refractivity (Wildman–Crippen MR) is 80.2 cm³/mol. The van der Waals surface area contributed by atoms with Crippen LogP contribution in [0.4, 0.5) is 0 Å². The van der Waals surface area contributed by atoms with E-state index in [9.17, 15) is 0 Å². The van der Waals surface area contributed by atoms with Crippen LogP contribution in [0.5, 0.6) is 0 Å². The highest BCUT2D eigenvalue weighted by atomic mass is 35.5. The van der Waals surface area contributed by atoms with Crippen LogP contribution in [0.2, 0.25) is 0 Å². The van der Waals surface area contributed by atoms with Crippen molar-refractivity contribution in [3.05, 3.63) is 23.7 Å². The lowest BCUT2D eigenvalue weighted by atomic mass is 10.0. The first-order valence-electron chi connectivity index (χ1n) is 7.23. The SMILES string of the molecule is Cc1cnc2c(c1)nc(CCCl)n2CC1CCOCC1. The van der Waals surface area contributed by atoms with Crippen molar-refractivity contribution in [2.45, 2.75) is 32.7 Å². The molecule has 20 heavy (non-hydrogen) atoms. The second-order valence-electron chi connectivity index (χ2n) is 5.49. The smallest absolute Gasteiger partial charge is 0.160 e. The predicted octanol–water partition coefficient (Wildman–Crippen LogP) is 2.95. The van der Waals surface area contributed by atoms with Crippen LogP contribution in [0.1, 0.15) is 24.2 Å². The zero-order chi connectivity index (χ0) is 13.9. The van der Waals surface area contributed by atoms with Crippen molar-refractivity contribution in [2.75, 3.05) is 19.1 Å². The Labute approximate surface area is 124 Å². The molecule has 0 radical (unpaired) electrons. The molecule has 4 nitrogen and oxygen atoms in total. The standard InChI is InChI=1S/C15H20ClN3O/c1-11-8-13-15(17-9-11)19(14(18-13)2-5-16)10-12-3-6-20-7-4-12/h8-9,12H,2-7,10H2,1H3. The minimum Gasteiger partial charge on any atom is -0.381 e. The van der Waals surface area contributed by atoms with Crippen molar-refractivity contribution in [1.29, 1.82) is 0 Å². The molecule has 0 bridgehead atoms. The first-order valence-corrected chi connectivity index (χ1v) is 7.77. The number of pyridine rings is 1. The number of aromatic nitrogens is 3. The van der Waals surface area contributed by atoms with Crippen molar-refractivity contribution >= 4 is 22.8 Å². The Bertz CT molecular complexity index is 590. The zero-order valence-electron chi connectivity index (χ0n) is 11.8. The van der Waals surface area contributed by atoms with Crippen LogP contribution in [-0.2, 0) is 17.7 Å². The fourth-order valence-corrected chi connectivity index (χ4v) is 2.98. The molecule has 2 aromatic rings. The molecule has 1 saturated heterocycles. The molecule has 0 aromatic carbocycles. The quantitative estimate of drug-likeness (QED) is 0.814. The highest BCUT2D eigenvalue weighted by molar-refractivity contribution is 6.17. The van der Waals surface area contributed by atoms with Gasteiger partial charge in [0.25, 0.3) is 0 Å². The van der Waals surface area contributed by atoms with Gasteiger partial charge in [-0.05, 0) is 37.3 Å². The van der Waals surface area contributed by atoms with E-state index in [0.29, 0.717) is 11.8 Å². The van der Waals surface area contributed by atoms with Crippen LogP contribution in [-0.4, -0.2) is 33.6 Å². The molecule has 2 aromatic heterocycles. The third-order valence-electron chi connectivity index (χ3n) is 3.90. The molecule has 1 aliphatic rings. The number of hydrogen-bond acceptors (Lipinski definition) is 3. The second-order valence-corrected chi connectivity index (χ2v) is 5.87. The Hall–Kier alpha value is -1.13. The van der Waals surface area contributed by atoms with Crippen molar-refractivity contribution < 1.29 is 4.74 Å². The number of hydrogen-bond donors (Lipinski definition) is 0. The number of aryl methyl sites for hydroxylation is 2. The summed E-state index contributed by atoms with van der Waals surface area (Å²) >= 11 is 5.92. The summed E-state index contributed by atoms with van der Waals surface area (Å²) in [5.74, 6) is 2.30. The van der Waals surface area contributed by atoms with Crippen molar-refractivity contribution in [3.8, 4) is 0 Å². The monoisotopic (exact) mass is 293 g/mol. The molecular formula is C15H20ClN3O. The molecule has 0 unspecified atom stereocenters. The van der Waals surface area contributed by atoms with Crippen molar-refractivity contribution in [2.24, 2.45) is 5.92 Å². The first kappa shape index (κ1) is 13.8. The number of ether oxygens (including phenoxy) is 1. The molecule has 108 valence electrons. The summed E-state index contributed by atoms with van der Waals surface area (Å²) in [6.07, 6.45) is 4.94. The summed E-state index contributed by atoms with van der Waals surface area (Å²) in [6.45, 7) is 4.76. The van der Waals surface area contributed by atoms with E-state index < -0.39 is 0 Å². The average molecular weight is 294 g/mol. The van der Waals surface area contributed by atoms with Crippen LogP contribution in [0.15, 0.2) is 12.3 Å². The van der Waals surface area contributed by atoms with E-state index in [-0.39, 0.29) is 0 Å². The zero-order valence-corrected chi connectivity index (χ0v) is 12.6. The van der Waals surface area contributed by atoms with Gasteiger partial charge >= 0.3 is 0 Å². The Morgan fingerprint density at radius 1 is 1.40 bits per heavy atom. The van der Waals surface area contributed by atoms with E-state index in [1.54, 1.807) is 0 Å². The third-order valence-corrected chi connectivity index (χ3v) is 4.09. The minimum atomic E-state index is 0.593. The summed E-state index contributed by atoms with van der Waals surface area (Å²) in [6, 6.07) is 2.10. The molecule has 0 spiro atoms. The van der Waals surface area contributed by atoms with Gasteiger partial charge in [0.2, 0.25) is 0 Å². The molecule has 5 heteroatoms. The topological polar surface area (TPSA) is 39.9 Å². The average Bonchev–Trinajstić information content (AvgIpc) is 2.77. The van der Waals surface area contributed by atoms with E-state index in [1.165, 1.54) is 0 Å². The largest absolute Gasteiger partial charge is 0.381 e. The summed E-state index contributed by atoms with van der Waals surface area (Å²) < 4.78 is 7.70. The van der Waals surface area contributed by atoms with E-state index in [4.69, 9.17) is 21.3 Å². The summed E-state index contributed by atoms with van der Waals surface area (Å²) in [5, 5.41) is 0. The van der Waals surface area contributed by atoms with Gasteiger partial charge in [0.05, 0.1) is 0 Å². The molecule has 1 aliphatic heterocycles. The number of nitrogens with zero attached hydrogens (tertiary/aromatic N) is 3. The van der Waals surface area contributed by atoms with Gasteiger partial charge in [-0.25, -0.2) is 9.97 Å². The lowest BCUT2D eigenvalue weighted by molar-refractivity contribution is 0.0613. The highest BCUT2D eigenvalue weighted by Crippen LogP contribution is 2.22. The summed E-state index contributed by atoms with van der Waals surface area (Å²) in [4.78, 5) is 9.29. The third kappa shape index (κ3) is 2.81. The Morgan fingerprint density at radius 2 is 2.20 bits per heavy atom. The maximum absolute atomic E-state index is 5.92. The lowest BCUT2D eigenvalue weighted by Gasteiger charge is -2.23. The van der Waals surface area contributed by atoms with Gasteiger partial charge in [-0.3, -0.25) is 0 Å².